The van der Waals surface area contributed by atoms with E-state index in [1.165, 1.54) is 12.1 Å². The standard InChI is InChI=1S/C36H34F3N5O5/c1-35(2,3)34-44-43-33(49-34)26-12-17-30(41-20-26)48-21-29(42-28-15-10-25(11-16-28)32(47)40-19-18-31(45)46)24-6-4-22(5-7-24)23-8-13-27(14-9-23)36(37,38)39/h4-17,20,29,42H,18-19,21H2,1-3H3,(H,40,47)(H,45,46). The highest BCUT2D eigenvalue weighted by atomic mass is 19.4. The van der Waals surface area contributed by atoms with Crippen molar-refractivity contribution in [2.75, 3.05) is 18.5 Å². The van der Waals surface area contributed by atoms with E-state index in [1.807, 2.05) is 45.0 Å². The molecule has 49 heavy (non-hydrogen) atoms. The molecule has 2 aromatic heterocycles. The molecule has 254 valence electrons. The maximum Gasteiger partial charge on any atom is 0.416 e. The summed E-state index contributed by atoms with van der Waals surface area (Å²) in [5.41, 5.74) is 2.86. The predicted molar refractivity (Wildman–Crippen MR) is 176 cm³/mol. The van der Waals surface area contributed by atoms with Gasteiger partial charge in [-0.3, -0.25) is 9.59 Å². The van der Waals surface area contributed by atoms with E-state index in [2.05, 4.69) is 25.8 Å². The van der Waals surface area contributed by atoms with Crippen molar-refractivity contribution >= 4 is 17.6 Å². The molecule has 0 spiro atoms. The molecule has 5 rings (SSSR count). The fourth-order valence-corrected chi connectivity index (χ4v) is 4.69. The Bertz CT molecular complexity index is 1870. The molecule has 3 aromatic carbocycles. The van der Waals surface area contributed by atoms with Crippen molar-refractivity contribution in [3.05, 3.63) is 114 Å². The number of ether oxygens (including phenoxy) is 1. The number of rotatable bonds is 12. The molecule has 1 amide bonds. The third kappa shape index (κ3) is 9.21. The second kappa shape index (κ2) is 14.6. The summed E-state index contributed by atoms with van der Waals surface area (Å²) in [6.07, 6.45) is -3.02. The molecule has 0 aliphatic carbocycles. The summed E-state index contributed by atoms with van der Waals surface area (Å²) in [4.78, 5) is 27.5. The minimum absolute atomic E-state index is 0.0118. The van der Waals surface area contributed by atoms with E-state index < -0.39 is 29.7 Å². The number of halogens is 3. The zero-order chi connectivity index (χ0) is 35.2. The molecule has 0 fully saturated rings. The summed E-state index contributed by atoms with van der Waals surface area (Å²) in [5.74, 6) is -0.200. The number of anilines is 1. The average molecular weight is 674 g/mol. The first-order chi connectivity index (χ1) is 23.3. The second-order valence-corrected chi connectivity index (χ2v) is 12.2. The van der Waals surface area contributed by atoms with Gasteiger partial charge < -0.3 is 24.9 Å². The molecular weight excluding hydrogens is 639 g/mol. The van der Waals surface area contributed by atoms with Gasteiger partial charge in [-0.2, -0.15) is 13.2 Å². The van der Waals surface area contributed by atoms with Gasteiger partial charge in [-0.25, -0.2) is 4.98 Å². The number of carbonyl (C=O) groups excluding carboxylic acids is 1. The van der Waals surface area contributed by atoms with Crippen LogP contribution in [0.5, 0.6) is 5.88 Å². The third-order valence-corrected chi connectivity index (χ3v) is 7.42. The first-order valence-electron chi connectivity index (χ1n) is 15.3. The Morgan fingerprint density at radius 3 is 2.04 bits per heavy atom. The molecule has 13 heteroatoms. The molecule has 1 atom stereocenters. The molecule has 0 saturated heterocycles. The lowest BCUT2D eigenvalue weighted by molar-refractivity contribution is -0.138. The van der Waals surface area contributed by atoms with Crippen LogP contribution in [0.2, 0.25) is 0 Å². The molecule has 0 aliphatic heterocycles. The number of benzene rings is 3. The summed E-state index contributed by atoms with van der Waals surface area (Å²) >= 11 is 0. The number of hydrogen-bond acceptors (Lipinski definition) is 8. The van der Waals surface area contributed by atoms with Crippen LogP contribution in [0.4, 0.5) is 18.9 Å². The second-order valence-electron chi connectivity index (χ2n) is 12.2. The normalized spacial score (nSPS) is 12.3. The van der Waals surface area contributed by atoms with Crippen LogP contribution in [0.1, 0.15) is 60.6 Å². The maximum absolute atomic E-state index is 13.0. The number of nitrogens with zero attached hydrogens (tertiary/aromatic N) is 3. The molecule has 0 aliphatic rings. The third-order valence-electron chi connectivity index (χ3n) is 7.42. The quantitative estimate of drug-likeness (QED) is 0.122. The van der Waals surface area contributed by atoms with Crippen LogP contribution >= 0.6 is 0 Å². The van der Waals surface area contributed by atoms with Gasteiger partial charge in [0.25, 0.3) is 5.91 Å². The van der Waals surface area contributed by atoms with Crippen molar-refractivity contribution in [1.82, 2.24) is 20.5 Å². The Kier molecular flexibility index (Phi) is 10.3. The van der Waals surface area contributed by atoms with E-state index in [0.29, 0.717) is 40.0 Å². The Hall–Kier alpha value is -5.72. The highest BCUT2D eigenvalue weighted by molar-refractivity contribution is 5.94. The smallest absolute Gasteiger partial charge is 0.416 e. The van der Waals surface area contributed by atoms with Crippen molar-refractivity contribution in [3.63, 3.8) is 0 Å². The zero-order valence-electron chi connectivity index (χ0n) is 26.9. The van der Waals surface area contributed by atoms with Crippen LogP contribution in [0.25, 0.3) is 22.6 Å². The molecule has 5 aromatic rings. The Labute approximate surface area is 280 Å². The van der Waals surface area contributed by atoms with Gasteiger partial charge >= 0.3 is 12.1 Å². The van der Waals surface area contributed by atoms with E-state index in [1.54, 1.807) is 42.6 Å². The summed E-state index contributed by atoms with van der Waals surface area (Å²) in [6, 6.07) is 22.1. The summed E-state index contributed by atoms with van der Waals surface area (Å²) in [5, 5.41) is 23.0. The lowest BCUT2D eigenvalue weighted by atomic mass is 9.97. The van der Waals surface area contributed by atoms with E-state index in [4.69, 9.17) is 14.3 Å². The predicted octanol–water partition coefficient (Wildman–Crippen LogP) is 7.55. The van der Waals surface area contributed by atoms with Gasteiger partial charge in [0.1, 0.15) is 6.61 Å². The number of carboxylic acids is 1. The van der Waals surface area contributed by atoms with Crippen LogP contribution in [0.15, 0.2) is 95.5 Å². The highest BCUT2D eigenvalue weighted by Gasteiger charge is 2.30. The van der Waals surface area contributed by atoms with E-state index in [-0.39, 0.29) is 25.0 Å². The van der Waals surface area contributed by atoms with Crippen LogP contribution < -0.4 is 15.4 Å². The molecule has 0 saturated carbocycles. The lowest BCUT2D eigenvalue weighted by Crippen LogP contribution is -2.26. The van der Waals surface area contributed by atoms with Crippen LogP contribution in [0.3, 0.4) is 0 Å². The molecule has 0 radical (unpaired) electrons. The molecule has 2 heterocycles. The first kappa shape index (κ1) is 34.6. The number of aliphatic carboxylic acids is 1. The van der Waals surface area contributed by atoms with Gasteiger partial charge in [0.05, 0.1) is 23.6 Å². The molecule has 3 N–H and O–H groups in total. The molecular formula is C36H34F3N5O5. The monoisotopic (exact) mass is 673 g/mol. The minimum atomic E-state index is -4.42. The minimum Gasteiger partial charge on any atom is -0.481 e. The highest BCUT2D eigenvalue weighted by Crippen LogP contribution is 2.32. The van der Waals surface area contributed by atoms with Crippen LogP contribution in [-0.4, -0.2) is 45.3 Å². The largest absolute Gasteiger partial charge is 0.481 e. The number of aromatic nitrogens is 3. The zero-order valence-corrected chi connectivity index (χ0v) is 26.9. The SMILES string of the molecule is CC(C)(C)c1nnc(-c2ccc(OCC(Nc3ccc(C(=O)NCCC(=O)O)cc3)c3ccc(-c4ccc(C(F)(F)F)cc4)cc3)nc2)o1. The van der Waals surface area contributed by atoms with E-state index >= 15 is 0 Å². The molecule has 1 unspecified atom stereocenters. The lowest BCUT2D eigenvalue weighted by Gasteiger charge is -2.21. The first-order valence-corrected chi connectivity index (χ1v) is 15.3. The van der Waals surface area contributed by atoms with Gasteiger partial charge in [-0.05, 0) is 59.2 Å². The Morgan fingerprint density at radius 2 is 1.49 bits per heavy atom. The number of carbonyl (C=O) groups is 2. The van der Waals surface area contributed by atoms with Crippen molar-refractivity contribution in [2.45, 2.75) is 44.8 Å². The van der Waals surface area contributed by atoms with Crippen LogP contribution in [-0.2, 0) is 16.4 Å². The van der Waals surface area contributed by atoms with Crippen molar-refractivity contribution in [2.24, 2.45) is 0 Å². The van der Waals surface area contributed by atoms with E-state index in [0.717, 1.165) is 23.3 Å². The molecule has 10 nitrogen and oxygen atoms in total. The van der Waals surface area contributed by atoms with Gasteiger partial charge in [0.2, 0.25) is 17.7 Å². The van der Waals surface area contributed by atoms with Crippen molar-refractivity contribution < 1.29 is 37.0 Å². The topological polar surface area (TPSA) is 139 Å². The Balaban J connectivity index is 1.32. The fourth-order valence-electron chi connectivity index (χ4n) is 4.69. The number of alkyl halides is 3. The summed E-state index contributed by atoms with van der Waals surface area (Å²) < 4.78 is 51.0. The van der Waals surface area contributed by atoms with Gasteiger partial charge in [0, 0.05) is 35.5 Å². The van der Waals surface area contributed by atoms with Gasteiger partial charge in [-0.1, -0.05) is 57.2 Å². The number of carboxylic acid groups (broad SMARTS) is 1. The van der Waals surface area contributed by atoms with Crippen molar-refractivity contribution in [1.29, 1.82) is 0 Å². The summed E-state index contributed by atoms with van der Waals surface area (Å²) in [6.45, 7) is 6.07. The maximum atomic E-state index is 13.0. The average Bonchev–Trinajstić information content (AvgIpc) is 3.58. The van der Waals surface area contributed by atoms with E-state index in [9.17, 15) is 22.8 Å². The number of pyridine rings is 1. The molecule has 0 bridgehead atoms. The van der Waals surface area contributed by atoms with Crippen molar-refractivity contribution in [3.8, 4) is 28.5 Å². The Morgan fingerprint density at radius 1 is 0.857 bits per heavy atom. The van der Waals surface area contributed by atoms with Crippen LogP contribution in [0, 0.1) is 0 Å². The summed E-state index contributed by atoms with van der Waals surface area (Å²) in [7, 11) is 0. The number of nitrogens with one attached hydrogen (secondary N) is 2. The fraction of sp³-hybridized carbons (Fsp3) is 0.250. The number of hydrogen-bond donors (Lipinski definition) is 3. The van der Waals surface area contributed by atoms with Gasteiger partial charge in [0.15, 0.2) is 0 Å². The number of amides is 1. The van der Waals surface area contributed by atoms with Gasteiger partial charge in [-0.15, -0.1) is 10.2 Å².